The van der Waals surface area contributed by atoms with Crippen LogP contribution in [0.5, 0.6) is 5.75 Å². The predicted molar refractivity (Wildman–Crippen MR) is 124 cm³/mol. The van der Waals surface area contributed by atoms with Crippen molar-refractivity contribution in [3.63, 3.8) is 0 Å². The first kappa shape index (κ1) is 18.8. The van der Waals surface area contributed by atoms with E-state index < -0.39 is 0 Å². The van der Waals surface area contributed by atoms with Crippen LogP contribution in [0.25, 0.3) is 0 Å². The Labute approximate surface area is 184 Å². The van der Waals surface area contributed by atoms with E-state index in [0.717, 1.165) is 30.0 Å². The Kier molecular flexibility index (Phi) is 6.04. The number of thioether (sulfide) groups is 1. The van der Waals surface area contributed by atoms with Gasteiger partial charge in [0, 0.05) is 10.0 Å². The fourth-order valence-electron chi connectivity index (χ4n) is 2.68. The monoisotopic (exact) mass is 550 g/mol. The molecule has 3 aromatic carbocycles. The minimum absolute atomic E-state index is 0.120. The molecule has 27 heavy (non-hydrogen) atoms. The van der Waals surface area contributed by atoms with Crippen molar-refractivity contribution in [1.29, 1.82) is 0 Å². The van der Waals surface area contributed by atoms with Gasteiger partial charge in [-0.2, -0.15) is 5.10 Å². The molecule has 0 aliphatic carbocycles. The summed E-state index contributed by atoms with van der Waals surface area (Å²) in [4.78, 5) is 0. The first-order valence-electron chi connectivity index (χ1n) is 8.41. The Hall–Kier alpha value is -1.51. The Morgan fingerprint density at radius 3 is 2.56 bits per heavy atom. The fraction of sp³-hybridized carbons (Fsp3) is 0.0952. The minimum atomic E-state index is 0.120. The lowest BCUT2D eigenvalue weighted by atomic mass is 10.2. The zero-order chi connectivity index (χ0) is 18.6. The molecule has 0 unspecified atom stereocenters. The molecule has 4 rings (SSSR count). The SMILES string of the molecule is Brc1ccc(COc2ccc([C@@H]3NN=C(c4ccccc4)S3)cc2I)cc1. The topological polar surface area (TPSA) is 33.6 Å². The van der Waals surface area contributed by atoms with Crippen LogP contribution >= 0.6 is 50.3 Å². The van der Waals surface area contributed by atoms with Gasteiger partial charge in [0.15, 0.2) is 0 Å². The van der Waals surface area contributed by atoms with E-state index in [1.54, 1.807) is 11.8 Å². The van der Waals surface area contributed by atoms with E-state index in [2.05, 4.69) is 85.4 Å². The molecule has 6 heteroatoms. The number of benzene rings is 3. The first-order valence-corrected chi connectivity index (χ1v) is 11.2. The van der Waals surface area contributed by atoms with Gasteiger partial charge < -0.3 is 4.74 Å². The molecule has 0 radical (unpaired) electrons. The first-order chi connectivity index (χ1) is 13.2. The van der Waals surface area contributed by atoms with Gasteiger partial charge in [-0.15, -0.1) is 0 Å². The highest BCUT2D eigenvalue weighted by atomic mass is 127. The molecule has 1 atom stereocenters. The number of ether oxygens (including phenoxy) is 1. The largest absolute Gasteiger partial charge is 0.488 e. The number of hydrogen-bond acceptors (Lipinski definition) is 4. The molecular weight excluding hydrogens is 535 g/mol. The van der Waals surface area contributed by atoms with Crippen LogP contribution in [0, 0.1) is 3.57 Å². The summed E-state index contributed by atoms with van der Waals surface area (Å²) in [6.07, 6.45) is 0. The summed E-state index contributed by atoms with van der Waals surface area (Å²) in [5.74, 6) is 0.898. The van der Waals surface area contributed by atoms with E-state index in [0.29, 0.717) is 6.61 Å². The molecule has 3 nitrogen and oxygen atoms in total. The second-order valence-corrected chi connectivity index (χ2v) is 9.19. The Bertz CT molecular complexity index is 964. The molecule has 1 N–H and O–H groups in total. The lowest BCUT2D eigenvalue weighted by Crippen LogP contribution is -2.07. The van der Waals surface area contributed by atoms with Gasteiger partial charge >= 0.3 is 0 Å². The summed E-state index contributed by atoms with van der Waals surface area (Å²) >= 11 is 7.52. The Balaban J connectivity index is 1.41. The molecule has 0 bridgehead atoms. The van der Waals surface area contributed by atoms with Crippen LogP contribution in [-0.2, 0) is 6.61 Å². The summed E-state index contributed by atoms with van der Waals surface area (Å²) in [6.45, 7) is 0.556. The van der Waals surface area contributed by atoms with E-state index in [1.807, 2.05) is 36.4 Å². The number of halogens is 2. The van der Waals surface area contributed by atoms with Crippen molar-refractivity contribution in [3.05, 3.63) is 97.5 Å². The molecular formula is C21H16BrIN2OS. The molecule has 1 aliphatic heterocycles. The molecule has 136 valence electrons. The number of nitrogens with zero attached hydrogens (tertiary/aromatic N) is 1. The molecule has 0 spiro atoms. The second-order valence-electron chi connectivity index (χ2n) is 6.01. The van der Waals surface area contributed by atoms with E-state index in [4.69, 9.17) is 4.74 Å². The lowest BCUT2D eigenvalue weighted by Gasteiger charge is -2.13. The van der Waals surface area contributed by atoms with Gasteiger partial charge in [0.05, 0.1) is 3.57 Å². The number of rotatable bonds is 5. The third kappa shape index (κ3) is 4.67. The summed E-state index contributed by atoms with van der Waals surface area (Å²) in [6, 6.07) is 24.7. The van der Waals surface area contributed by atoms with Gasteiger partial charge in [0.2, 0.25) is 0 Å². The zero-order valence-electron chi connectivity index (χ0n) is 14.2. The average molecular weight is 551 g/mol. The van der Waals surface area contributed by atoms with Crippen molar-refractivity contribution in [1.82, 2.24) is 5.43 Å². The smallest absolute Gasteiger partial charge is 0.133 e. The quantitative estimate of drug-likeness (QED) is 0.377. The molecule has 3 aromatic rings. The van der Waals surface area contributed by atoms with E-state index >= 15 is 0 Å². The van der Waals surface area contributed by atoms with E-state index in [1.165, 1.54) is 5.56 Å². The van der Waals surface area contributed by atoms with Crippen LogP contribution in [0.3, 0.4) is 0 Å². The number of hydrazone groups is 1. The average Bonchev–Trinajstić information content (AvgIpc) is 3.19. The van der Waals surface area contributed by atoms with Gasteiger partial charge in [-0.3, -0.25) is 5.43 Å². The summed E-state index contributed by atoms with van der Waals surface area (Å²) in [5.41, 5.74) is 6.71. The number of nitrogens with one attached hydrogen (secondary N) is 1. The lowest BCUT2D eigenvalue weighted by molar-refractivity contribution is 0.304. The standard InChI is InChI=1S/C21H16BrIN2OS/c22-17-9-6-14(7-10-17)13-26-19-11-8-16(12-18(19)23)21-25-24-20(27-21)15-4-2-1-3-5-15/h1-12,21,25H,13H2/t21-/m1/s1. The van der Waals surface area contributed by atoms with Gasteiger partial charge in [-0.25, -0.2) is 0 Å². The van der Waals surface area contributed by atoms with E-state index in [-0.39, 0.29) is 5.37 Å². The van der Waals surface area contributed by atoms with Gasteiger partial charge in [-0.05, 0) is 58.0 Å². The zero-order valence-corrected chi connectivity index (χ0v) is 18.8. The highest BCUT2D eigenvalue weighted by molar-refractivity contribution is 14.1. The van der Waals surface area contributed by atoms with Crippen molar-refractivity contribution in [2.75, 3.05) is 0 Å². The Morgan fingerprint density at radius 1 is 1.04 bits per heavy atom. The van der Waals surface area contributed by atoms with Crippen molar-refractivity contribution in [3.8, 4) is 5.75 Å². The summed E-state index contributed by atoms with van der Waals surface area (Å²) in [5, 5.41) is 5.63. The minimum Gasteiger partial charge on any atom is -0.488 e. The maximum Gasteiger partial charge on any atom is 0.133 e. The molecule has 0 amide bonds. The van der Waals surface area contributed by atoms with Crippen molar-refractivity contribution in [2.24, 2.45) is 5.10 Å². The molecule has 0 saturated carbocycles. The van der Waals surface area contributed by atoms with Crippen LogP contribution in [0.2, 0.25) is 0 Å². The predicted octanol–water partition coefficient (Wildman–Crippen LogP) is 6.33. The van der Waals surface area contributed by atoms with Gasteiger partial charge in [-0.1, -0.05) is 76.2 Å². The van der Waals surface area contributed by atoms with Crippen LogP contribution in [0.1, 0.15) is 22.1 Å². The van der Waals surface area contributed by atoms with Gasteiger partial charge in [0.25, 0.3) is 0 Å². The van der Waals surface area contributed by atoms with E-state index in [9.17, 15) is 0 Å². The molecule has 1 aliphatic rings. The molecule has 0 aromatic heterocycles. The summed E-state index contributed by atoms with van der Waals surface area (Å²) in [7, 11) is 0. The Morgan fingerprint density at radius 2 is 1.81 bits per heavy atom. The number of hydrogen-bond donors (Lipinski definition) is 1. The van der Waals surface area contributed by atoms with Crippen LogP contribution in [-0.4, -0.2) is 5.04 Å². The van der Waals surface area contributed by atoms with Crippen molar-refractivity contribution in [2.45, 2.75) is 12.0 Å². The van der Waals surface area contributed by atoms with Crippen LogP contribution in [0.4, 0.5) is 0 Å². The third-order valence-corrected chi connectivity index (χ3v) is 6.64. The highest BCUT2D eigenvalue weighted by Crippen LogP contribution is 2.36. The summed E-state index contributed by atoms with van der Waals surface area (Å²) < 4.78 is 8.16. The second kappa shape index (κ2) is 8.67. The van der Waals surface area contributed by atoms with Crippen LogP contribution < -0.4 is 10.2 Å². The van der Waals surface area contributed by atoms with Crippen molar-refractivity contribution < 1.29 is 4.74 Å². The van der Waals surface area contributed by atoms with Crippen LogP contribution in [0.15, 0.2) is 82.4 Å². The molecule has 1 heterocycles. The molecule has 0 saturated heterocycles. The van der Waals surface area contributed by atoms with Gasteiger partial charge in [0.1, 0.15) is 22.8 Å². The maximum atomic E-state index is 5.99. The fourth-order valence-corrected chi connectivity index (χ4v) is 4.62. The maximum absolute atomic E-state index is 5.99. The normalized spacial score (nSPS) is 15.9. The van der Waals surface area contributed by atoms with Crippen molar-refractivity contribution >= 4 is 55.3 Å². The molecule has 0 fully saturated rings. The highest BCUT2D eigenvalue weighted by Gasteiger charge is 2.22. The third-order valence-electron chi connectivity index (χ3n) is 4.10.